The van der Waals surface area contributed by atoms with Gasteiger partial charge in [-0.15, -0.1) is 0 Å². The Balaban J connectivity index is 2.13. The Bertz CT molecular complexity index is 1210. The van der Waals surface area contributed by atoms with Crippen molar-refractivity contribution < 1.29 is 27.9 Å². The molecule has 1 heterocycles. The molecule has 0 spiro atoms. The number of anilines is 1. The molecule has 0 aromatic heterocycles. The quantitative estimate of drug-likeness (QED) is 0.428. The van der Waals surface area contributed by atoms with Gasteiger partial charge in [0.2, 0.25) is 0 Å². The lowest BCUT2D eigenvalue weighted by atomic mass is 9.76. The van der Waals surface area contributed by atoms with Gasteiger partial charge in [0.05, 0.1) is 22.4 Å². The number of urea groups is 1. The number of benzene rings is 2. The first-order chi connectivity index (χ1) is 17.0. The molecule has 200 valence electrons. The Hall–Kier alpha value is -3.29. The number of aryl methyl sites for hydroxylation is 1. The Morgan fingerprint density at radius 1 is 1.05 bits per heavy atom. The zero-order chi connectivity index (χ0) is 27.9. The maximum absolute atomic E-state index is 14.2. The lowest BCUT2D eigenvalue weighted by Crippen LogP contribution is -2.55. The van der Waals surface area contributed by atoms with Crippen molar-refractivity contribution in [3.63, 3.8) is 0 Å². The van der Waals surface area contributed by atoms with Crippen molar-refractivity contribution in [3.05, 3.63) is 76.5 Å². The summed E-state index contributed by atoms with van der Waals surface area (Å²) in [6.45, 7) is 11.6. The number of carbonyl (C=O) groups excluding carboxylic acids is 1. The molecule has 3 rings (SSSR count). The van der Waals surface area contributed by atoms with Crippen molar-refractivity contribution >= 4 is 17.7 Å². The van der Waals surface area contributed by atoms with Crippen LogP contribution in [0.2, 0.25) is 0 Å². The van der Waals surface area contributed by atoms with Gasteiger partial charge in [-0.1, -0.05) is 46.8 Å². The van der Waals surface area contributed by atoms with E-state index in [1.165, 1.54) is 40.1 Å². The Morgan fingerprint density at radius 3 is 2.14 bits per heavy atom. The fourth-order valence-corrected chi connectivity index (χ4v) is 4.76. The van der Waals surface area contributed by atoms with Crippen LogP contribution in [0.5, 0.6) is 0 Å². The second kappa shape index (κ2) is 9.88. The number of hydrogen-bond donors (Lipinski definition) is 1. The number of aromatic carboxylic acids is 1. The van der Waals surface area contributed by atoms with Crippen molar-refractivity contribution in [2.24, 2.45) is 11.3 Å². The van der Waals surface area contributed by atoms with Crippen molar-refractivity contribution in [1.29, 1.82) is 0 Å². The molecule has 0 bridgehead atoms. The maximum Gasteiger partial charge on any atom is 0.416 e. The predicted molar refractivity (Wildman–Crippen MR) is 139 cm³/mol. The highest BCUT2D eigenvalue weighted by atomic mass is 19.4. The van der Waals surface area contributed by atoms with Gasteiger partial charge >= 0.3 is 18.2 Å². The number of carboxylic acids is 1. The fourth-order valence-electron chi connectivity index (χ4n) is 4.76. The number of hydrogen-bond acceptors (Lipinski definition) is 2. The predicted octanol–water partition coefficient (Wildman–Crippen LogP) is 7.71. The SMILES string of the molecule is CC(C)C1=CN(c2ccc(C(=O)O)cc2)C(=O)N(C)[C@@]1(C)c1ccc(CCC(C)(C)C)c(C(F)(F)F)c1. The van der Waals surface area contributed by atoms with E-state index < -0.39 is 29.3 Å². The van der Waals surface area contributed by atoms with Crippen LogP contribution >= 0.6 is 0 Å². The summed E-state index contributed by atoms with van der Waals surface area (Å²) in [6, 6.07) is 9.90. The topological polar surface area (TPSA) is 60.9 Å². The van der Waals surface area contributed by atoms with E-state index in [9.17, 15) is 27.9 Å². The average Bonchev–Trinajstić information content (AvgIpc) is 2.80. The van der Waals surface area contributed by atoms with E-state index in [1.54, 1.807) is 32.3 Å². The zero-order valence-corrected chi connectivity index (χ0v) is 22.4. The van der Waals surface area contributed by atoms with Gasteiger partial charge in [-0.2, -0.15) is 13.2 Å². The molecule has 0 unspecified atom stereocenters. The smallest absolute Gasteiger partial charge is 0.416 e. The fraction of sp³-hybridized carbons (Fsp3) is 0.448. The molecule has 1 aliphatic rings. The van der Waals surface area contributed by atoms with Gasteiger partial charge in [0, 0.05) is 13.2 Å². The van der Waals surface area contributed by atoms with Crippen LogP contribution in [0.4, 0.5) is 23.7 Å². The lowest BCUT2D eigenvalue weighted by Gasteiger charge is -2.48. The summed E-state index contributed by atoms with van der Waals surface area (Å²) in [4.78, 5) is 27.6. The summed E-state index contributed by atoms with van der Waals surface area (Å²) in [7, 11) is 1.58. The Morgan fingerprint density at radius 2 is 1.65 bits per heavy atom. The van der Waals surface area contributed by atoms with Crippen molar-refractivity contribution in [1.82, 2.24) is 4.90 Å². The van der Waals surface area contributed by atoms with Gasteiger partial charge in [0.15, 0.2) is 0 Å². The largest absolute Gasteiger partial charge is 0.478 e. The molecular weight excluding hydrogens is 481 g/mol. The van der Waals surface area contributed by atoms with Gasteiger partial charge in [-0.25, -0.2) is 9.59 Å². The van der Waals surface area contributed by atoms with Gasteiger partial charge in [0.25, 0.3) is 0 Å². The van der Waals surface area contributed by atoms with Crippen molar-refractivity contribution in [2.45, 2.75) is 66.1 Å². The third-order valence-corrected chi connectivity index (χ3v) is 7.13. The normalized spacial score (nSPS) is 18.9. The second-order valence-electron chi connectivity index (χ2n) is 11.3. The zero-order valence-electron chi connectivity index (χ0n) is 22.4. The van der Waals surface area contributed by atoms with E-state index in [0.29, 0.717) is 24.1 Å². The van der Waals surface area contributed by atoms with Crippen LogP contribution < -0.4 is 4.90 Å². The molecule has 8 heteroatoms. The highest BCUT2D eigenvalue weighted by molar-refractivity contribution is 5.97. The molecule has 1 atom stereocenters. The third-order valence-electron chi connectivity index (χ3n) is 7.13. The number of nitrogens with zero attached hydrogens (tertiary/aromatic N) is 2. The van der Waals surface area contributed by atoms with E-state index in [-0.39, 0.29) is 22.5 Å². The molecule has 2 aromatic carbocycles. The van der Waals surface area contributed by atoms with Crippen LogP contribution in [-0.4, -0.2) is 29.1 Å². The van der Waals surface area contributed by atoms with Crippen LogP contribution in [0, 0.1) is 11.3 Å². The van der Waals surface area contributed by atoms with Crippen LogP contribution in [0.25, 0.3) is 0 Å². The van der Waals surface area contributed by atoms with E-state index in [1.807, 2.05) is 34.6 Å². The number of halogens is 3. The van der Waals surface area contributed by atoms with Gasteiger partial charge in [0.1, 0.15) is 0 Å². The van der Waals surface area contributed by atoms with Gasteiger partial charge in [-0.3, -0.25) is 4.90 Å². The molecule has 2 amide bonds. The Labute approximate surface area is 216 Å². The number of carbonyl (C=O) groups is 2. The van der Waals surface area contributed by atoms with E-state index >= 15 is 0 Å². The first-order valence-electron chi connectivity index (χ1n) is 12.3. The minimum atomic E-state index is -4.53. The van der Waals surface area contributed by atoms with Crippen LogP contribution in [0.3, 0.4) is 0 Å². The minimum absolute atomic E-state index is 0.0886. The molecule has 0 aliphatic carbocycles. The molecule has 1 N–H and O–H groups in total. The summed E-state index contributed by atoms with van der Waals surface area (Å²) in [5.41, 5.74) is 0.0415. The number of carboxylic acid groups (broad SMARTS) is 1. The lowest BCUT2D eigenvalue weighted by molar-refractivity contribution is -0.138. The molecule has 0 fully saturated rings. The van der Waals surface area contributed by atoms with Crippen LogP contribution in [0.15, 0.2) is 54.2 Å². The maximum atomic E-state index is 14.2. The number of alkyl halides is 3. The summed E-state index contributed by atoms with van der Waals surface area (Å²) in [6.07, 6.45) is -1.95. The molecule has 5 nitrogen and oxygen atoms in total. The molecule has 0 radical (unpaired) electrons. The van der Waals surface area contributed by atoms with Gasteiger partial charge in [-0.05, 0) is 78.1 Å². The van der Waals surface area contributed by atoms with Gasteiger partial charge < -0.3 is 10.0 Å². The minimum Gasteiger partial charge on any atom is -0.478 e. The summed E-state index contributed by atoms with van der Waals surface area (Å²) in [5.74, 6) is -1.18. The highest BCUT2D eigenvalue weighted by Crippen LogP contribution is 2.45. The Kier molecular flexibility index (Phi) is 7.55. The summed E-state index contributed by atoms with van der Waals surface area (Å²) >= 11 is 0. The number of likely N-dealkylation sites (N-methyl/N-ethyl adjacent to an activating group) is 1. The van der Waals surface area contributed by atoms with Crippen molar-refractivity contribution in [3.8, 4) is 0 Å². The van der Waals surface area contributed by atoms with E-state index in [4.69, 9.17) is 0 Å². The number of amides is 2. The molecule has 0 saturated heterocycles. The van der Waals surface area contributed by atoms with E-state index in [2.05, 4.69) is 0 Å². The summed E-state index contributed by atoms with van der Waals surface area (Å²) in [5, 5.41) is 9.18. The average molecular weight is 517 g/mol. The highest BCUT2D eigenvalue weighted by Gasteiger charge is 2.46. The van der Waals surface area contributed by atoms with Crippen LogP contribution in [0.1, 0.15) is 75.0 Å². The molecule has 37 heavy (non-hydrogen) atoms. The third kappa shape index (κ3) is 5.68. The van der Waals surface area contributed by atoms with Crippen molar-refractivity contribution in [2.75, 3.05) is 11.9 Å². The first-order valence-corrected chi connectivity index (χ1v) is 12.3. The second-order valence-corrected chi connectivity index (χ2v) is 11.3. The molecule has 2 aromatic rings. The first kappa shape index (κ1) is 28.3. The molecule has 0 saturated carbocycles. The summed E-state index contributed by atoms with van der Waals surface area (Å²) < 4.78 is 42.6. The van der Waals surface area contributed by atoms with E-state index in [0.717, 1.165) is 5.57 Å². The monoisotopic (exact) mass is 516 g/mol. The van der Waals surface area contributed by atoms with Crippen LogP contribution in [-0.2, 0) is 18.1 Å². The molecular formula is C29H35F3N2O3. The number of rotatable bonds is 6. The standard InChI is InChI=1S/C29H35F3N2O3/c1-18(2)24-17-34(22-12-9-20(10-13-22)25(35)36)26(37)33(7)28(24,6)21-11-8-19(14-15-27(3,4)5)23(16-21)29(30,31)32/h8-13,16-18H,14-15H2,1-7H3,(H,35,36)/t28-/m0/s1. The molecule has 1 aliphatic heterocycles.